The molecule has 1 N–H and O–H groups in total. The van der Waals surface area contributed by atoms with E-state index in [0.29, 0.717) is 5.75 Å². The van der Waals surface area contributed by atoms with E-state index in [1.165, 1.54) is 0 Å². The fraction of sp³-hybridized carbons (Fsp3) is 0.385. The molecule has 2 nitrogen and oxygen atoms in total. The number of aromatic hydroxyl groups is 1. The highest BCUT2D eigenvalue weighted by molar-refractivity contribution is 5.65. The Morgan fingerprint density at radius 3 is 2.20 bits per heavy atom. The molecule has 0 saturated heterocycles. The van der Waals surface area contributed by atoms with Crippen LogP contribution in [-0.4, -0.2) is 29.6 Å². The molecular weight excluding hydrogens is 186 g/mol. The maximum Gasteiger partial charge on any atom is 0.115 e. The summed E-state index contributed by atoms with van der Waals surface area (Å²) in [4.78, 5) is 2.31. The Morgan fingerprint density at radius 2 is 1.73 bits per heavy atom. The summed E-state index contributed by atoms with van der Waals surface area (Å²) < 4.78 is 0. The number of rotatable bonds is 5. The van der Waals surface area contributed by atoms with Crippen molar-refractivity contribution in [1.29, 1.82) is 0 Å². The predicted molar refractivity (Wildman–Crippen MR) is 64.9 cm³/mol. The van der Waals surface area contributed by atoms with E-state index in [-0.39, 0.29) is 0 Å². The number of benzene rings is 1. The van der Waals surface area contributed by atoms with E-state index in [9.17, 15) is 5.11 Å². The zero-order valence-electron chi connectivity index (χ0n) is 9.53. The summed E-state index contributed by atoms with van der Waals surface area (Å²) >= 11 is 0. The summed E-state index contributed by atoms with van der Waals surface area (Å²) in [5.74, 6) is 0.300. The van der Waals surface area contributed by atoms with Crippen LogP contribution in [0.2, 0.25) is 0 Å². The summed E-state index contributed by atoms with van der Waals surface area (Å²) in [5, 5.41) is 9.17. The lowest BCUT2D eigenvalue weighted by atomic mass is 10.1. The first-order chi connectivity index (χ1) is 7.17. The van der Waals surface area contributed by atoms with Crippen molar-refractivity contribution in [3.05, 3.63) is 36.4 Å². The Bertz CT molecular complexity index is 312. The number of hydrogen-bond acceptors (Lipinski definition) is 2. The van der Waals surface area contributed by atoms with Gasteiger partial charge in [0.15, 0.2) is 0 Å². The van der Waals surface area contributed by atoms with Crippen LogP contribution in [0, 0.1) is 0 Å². The van der Waals surface area contributed by atoms with Crippen LogP contribution in [-0.2, 0) is 0 Å². The van der Waals surface area contributed by atoms with Gasteiger partial charge in [0.25, 0.3) is 0 Å². The van der Waals surface area contributed by atoms with Crippen LogP contribution in [0.3, 0.4) is 0 Å². The van der Waals surface area contributed by atoms with Crippen molar-refractivity contribution in [1.82, 2.24) is 4.90 Å². The van der Waals surface area contributed by atoms with Crippen LogP contribution in [0.25, 0.3) is 5.57 Å². The van der Waals surface area contributed by atoms with Crippen molar-refractivity contribution < 1.29 is 5.11 Å². The molecule has 0 spiro atoms. The summed E-state index contributed by atoms with van der Waals surface area (Å²) in [7, 11) is 0. The molecule has 0 atom stereocenters. The molecule has 1 rings (SSSR count). The number of phenolic OH excluding ortho intramolecular Hbond substituents is 1. The second-order valence-electron chi connectivity index (χ2n) is 3.61. The smallest absolute Gasteiger partial charge is 0.115 e. The third kappa shape index (κ3) is 3.40. The third-order valence-electron chi connectivity index (χ3n) is 2.58. The van der Waals surface area contributed by atoms with Gasteiger partial charge in [0.05, 0.1) is 0 Å². The molecule has 0 saturated carbocycles. The zero-order valence-corrected chi connectivity index (χ0v) is 9.53. The summed E-state index contributed by atoms with van der Waals surface area (Å²) in [5.41, 5.74) is 2.19. The molecule has 0 aliphatic carbocycles. The molecule has 15 heavy (non-hydrogen) atoms. The van der Waals surface area contributed by atoms with Gasteiger partial charge < -0.3 is 5.11 Å². The molecule has 1 aromatic rings. The SMILES string of the molecule is C=C(CN(CC)CC)c1ccc(O)cc1. The summed E-state index contributed by atoms with van der Waals surface area (Å²) in [6.45, 7) is 11.3. The van der Waals surface area contributed by atoms with Crippen LogP contribution >= 0.6 is 0 Å². The normalized spacial score (nSPS) is 10.6. The van der Waals surface area contributed by atoms with Crippen LogP contribution in [0.1, 0.15) is 19.4 Å². The van der Waals surface area contributed by atoms with E-state index in [1.807, 2.05) is 12.1 Å². The van der Waals surface area contributed by atoms with Gasteiger partial charge in [0, 0.05) is 6.54 Å². The van der Waals surface area contributed by atoms with Crippen molar-refractivity contribution in [3.8, 4) is 5.75 Å². The highest BCUT2D eigenvalue weighted by Crippen LogP contribution is 2.17. The van der Waals surface area contributed by atoms with Crippen LogP contribution < -0.4 is 0 Å². The van der Waals surface area contributed by atoms with Crippen LogP contribution in [0.15, 0.2) is 30.8 Å². The Hall–Kier alpha value is -1.28. The highest BCUT2D eigenvalue weighted by atomic mass is 16.3. The molecular formula is C13H19NO. The van der Waals surface area contributed by atoms with Gasteiger partial charge in [-0.15, -0.1) is 0 Å². The standard InChI is InChI=1S/C13H19NO/c1-4-14(5-2)10-11(3)12-6-8-13(15)9-7-12/h6-9,15H,3-5,10H2,1-2H3. The minimum atomic E-state index is 0.300. The van der Waals surface area contributed by atoms with E-state index in [1.54, 1.807) is 12.1 Å². The van der Waals surface area contributed by atoms with E-state index < -0.39 is 0 Å². The van der Waals surface area contributed by atoms with Crippen molar-refractivity contribution in [3.63, 3.8) is 0 Å². The average molecular weight is 205 g/mol. The van der Waals surface area contributed by atoms with E-state index in [0.717, 1.165) is 30.8 Å². The maximum atomic E-state index is 9.17. The maximum absolute atomic E-state index is 9.17. The van der Waals surface area contributed by atoms with Crippen LogP contribution in [0.4, 0.5) is 0 Å². The molecule has 0 radical (unpaired) electrons. The minimum absolute atomic E-state index is 0.300. The molecule has 82 valence electrons. The van der Waals surface area contributed by atoms with E-state index in [4.69, 9.17) is 0 Å². The highest BCUT2D eigenvalue weighted by Gasteiger charge is 2.04. The number of hydrogen-bond donors (Lipinski definition) is 1. The molecule has 0 amide bonds. The first-order valence-electron chi connectivity index (χ1n) is 5.36. The topological polar surface area (TPSA) is 23.5 Å². The molecule has 0 aromatic heterocycles. The van der Waals surface area contributed by atoms with Gasteiger partial charge in [-0.05, 0) is 36.4 Å². The Balaban J connectivity index is 2.64. The second-order valence-corrected chi connectivity index (χ2v) is 3.61. The van der Waals surface area contributed by atoms with Gasteiger partial charge in [-0.25, -0.2) is 0 Å². The molecule has 0 unspecified atom stereocenters. The molecule has 0 heterocycles. The lowest BCUT2D eigenvalue weighted by Gasteiger charge is -2.19. The Morgan fingerprint density at radius 1 is 1.20 bits per heavy atom. The fourth-order valence-electron chi connectivity index (χ4n) is 1.51. The van der Waals surface area contributed by atoms with E-state index in [2.05, 4.69) is 25.3 Å². The first-order valence-corrected chi connectivity index (χ1v) is 5.36. The van der Waals surface area contributed by atoms with Crippen molar-refractivity contribution in [2.75, 3.05) is 19.6 Å². The Labute approximate surface area is 91.9 Å². The molecule has 0 aliphatic heterocycles. The molecule has 0 fully saturated rings. The van der Waals surface area contributed by atoms with Crippen molar-refractivity contribution in [2.45, 2.75) is 13.8 Å². The number of likely N-dealkylation sites (N-methyl/N-ethyl adjacent to an activating group) is 1. The Kier molecular flexibility index (Phi) is 4.37. The second kappa shape index (κ2) is 5.56. The predicted octanol–water partition coefficient (Wildman–Crippen LogP) is 2.75. The van der Waals surface area contributed by atoms with Gasteiger partial charge in [0.2, 0.25) is 0 Å². The number of nitrogens with zero attached hydrogens (tertiary/aromatic N) is 1. The van der Waals surface area contributed by atoms with Crippen LogP contribution in [0.5, 0.6) is 5.75 Å². The van der Waals surface area contributed by atoms with Gasteiger partial charge in [0.1, 0.15) is 5.75 Å². The largest absolute Gasteiger partial charge is 0.508 e. The molecule has 0 aliphatic rings. The van der Waals surface area contributed by atoms with Gasteiger partial charge in [-0.1, -0.05) is 32.6 Å². The fourth-order valence-corrected chi connectivity index (χ4v) is 1.51. The van der Waals surface area contributed by atoms with E-state index >= 15 is 0 Å². The lowest BCUT2D eigenvalue weighted by molar-refractivity contribution is 0.342. The van der Waals surface area contributed by atoms with Gasteiger partial charge >= 0.3 is 0 Å². The van der Waals surface area contributed by atoms with Gasteiger partial charge in [-0.3, -0.25) is 4.90 Å². The quantitative estimate of drug-likeness (QED) is 0.799. The summed E-state index contributed by atoms with van der Waals surface area (Å²) in [6, 6.07) is 7.20. The monoisotopic (exact) mass is 205 g/mol. The third-order valence-corrected chi connectivity index (χ3v) is 2.58. The minimum Gasteiger partial charge on any atom is -0.508 e. The average Bonchev–Trinajstić information content (AvgIpc) is 2.26. The lowest BCUT2D eigenvalue weighted by Crippen LogP contribution is -2.24. The molecule has 2 heteroatoms. The molecule has 1 aromatic carbocycles. The van der Waals surface area contributed by atoms with Crippen molar-refractivity contribution >= 4 is 5.57 Å². The zero-order chi connectivity index (χ0) is 11.3. The first kappa shape index (κ1) is 11.8. The van der Waals surface area contributed by atoms with Gasteiger partial charge in [-0.2, -0.15) is 0 Å². The molecule has 0 bridgehead atoms. The summed E-state index contributed by atoms with van der Waals surface area (Å²) in [6.07, 6.45) is 0. The van der Waals surface area contributed by atoms with Crippen molar-refractivity contribution in [2.24, 2.45) is 0 Å². The number of phenols is 1.